The molecule has 10 heteroatoms. The number of hydrogen-bond donors (Lipinski definition) is 2. The molecular formula is C32H41N6O4+. The van der Waals surface area contributed by atoms with Gasteiger partial charge < -0.3 is 29.3 Å². The van der Waals surface area contributed by atoms with Crippen LogP contribution in [0.1, 0.15) is 24.1 Å². The second-order valence-electron chi connectivity index (χ2n) is 11.3. The number of nitrogens with one attached hydrogen (secondary N) is 1. The van der Waals surface area contributed by atoms with E-state index < -0.39 is 0 Å². The number of piperazine rings is 1. The summed E-state index contributed by atoms with van der Waals surface area (Å²) < 4.78 is 11.8. The molecule has 0 radical (unpaired) electrons. The molecule has 3 aromatic rings. The summed E-state index contributed by atoms with van der Waals surface area (Å²) in [5, 5.41) is 12.7. The van der Waals surface area contributed by atoms with Gasteiger partial charge in [-0.05, 0) is 36.4 Å². The Labute approximate surface area is 247 Å². The van der Waals surface area contributed by atoms with Crippen molar-refractivity contribution in [3.63, 3.8) is 0 Å². The van der Waals surface area contributed by atoms with Crippen molar-refractivity contribution >= 4 is 28.2 Å². The fraction of sp³-hybridized carbons (Fsp3) is 0.469. The number of phenolic OH excluding ortho intramolecular Hbond substituents is 1. The first-order valence-electron chi connectivity index (χ1n) is 15.1. The molecule has 0 bridgehead atoms. The Morgan fingerprint density at radius 1 is 1.10 bits per heavy atom. The van der Waals surface area contributed by atoms with Crippen LogP contribution in [0.4, 0.5) is 11.5 Å². The SMILES string of the molecule is C=CC(=O)N1CCN(c2nc(OCCCN3CCCOCC3)nc3c2CC[NH+](c2cc(O)cc4ccccc24)C3)CC1. The smallest absolute Gasteiger partial charge is 0.318 e. The number of carbonyl (C=O) groups is 1. The number of aromatic hydroxyl groups is 1. The van der Waals surface area contributed by atoms with E-state index in [9.17, 15) is 9.90 Å². The van der Waals surface area contributed by atoms with E-state index in [1.807, 2.05) is 35.2 Å². The van der Waals surface area contributed by atoms with Gasteiger partial charge in [0.2, 0.25) is 5.91 Å². The number of anilines is 1. The number of benzene rings is 2. The second-order valence-corrected chi connectivity index (χ2v) is 11.3. The Balaban J connectivity index is 1.23. The van der Waals surface area contributed by atoms with Crippen molar-refractivity contribution in [2.24, 2.45) is 0 Å². The van der Waals surface area contributed by atoms with E-state index in [1.54, 1.807) is 0 Å². The van der Waals surface area contributed by atoms with Crippen molar-refractivity contribution in [1.29, 1.82) is 0 Å². The van der Waals surface area contributed by atoms with Gasteiger partial charge in [0.25, 0.3) is 0 Å². The van der Waals surface area contributed by atoms with Gasteiger partial charge in [-0.25, -0.2) is 0 Å². The Morgan fingerprint density at radius 2 is 1.95 bits per heavy atom. The molecule has 2 N–H and O–H groups in total. The highest BCUT2D eigenvalue weighted by Crippen LogP contribution is 2.30. The zero-order valence-corrected chi connectivity index (χ0v) is 24.3. The van der Waals surface area contributed by atoms with Gasteiger partial charge in [0.1, 0.15) is 29.5 Å². The predicted octanol–water partition coefficient (Wildman–Crippen LogP) is 1.93. The maximum absolute atomic E-state index is 12.2. The predicted molar refractivity (Wildman–Crippen MR) is 162 cm³/mol. The molecule has 6 rings (SSSR count). The van der Waals surface area contributed by atoms with E-state index in [1.165, 1.54) is 11.0 Å². The van der Waals surface area contributed by atoms with Crippen LogP contribution in [-0.4, -0.2) is 103 Å². The summed E-state index contributed by atoms with van der Waals surface area (Å²) in [6.07, 6.45) is 4.16. The molecule has 1 aromatic heterocycles. The highest BCUT2D eigenvalue weighted by Gasteiger charge is 2.31. The number of carbonyl (C=O) groups excluding carboxylic acids is 1. The number of nitrogens with zero attached hydrogens (tertiary/aromatic N) is 5. The Kier molecular flexibility index (Phi) is 8.83. The molecule has 10 nitrogen and oxygen atoms in total. The van der Waals surface area contributed by atoms with Crippen molar-refractivity contribution in [2.45, 2.75) is 25.8 Å². The molecule has 1 atom stereocenters. The summed E-state index contributed by atoms with van der Waals surface area (Å²) in [6, 6.07) is 12.3. The van der Waals surface area contributed by atoms with Crippen molar-refractivity contribution in [3.8, 4) is 11.8 Å². The fourth-order valence-corrected chi connectivity index (χ4v) is 6.35. The summed E-state index contributed by atoms with van der Waals surface area (Å²) in [6.45, 7) is 13.0. The van der Waals surface area contributed by atoms with Crippen LogP contribution in [0.25, 0.3) is 10.8 Å². The molecule has 1 unspecified atom stereocenters. The van der Waals surface area contributed by atoms with Gasteiger partial charge in [0.05, 0.1) is 19.8 Å². The summed E-state index contributed by atoms with van der Waals surface area (Å²) in [7, 11) is 0. The van der Waals surface area contributed by atoms with Crippen molar-refractivity contribution in [1.82, 2.24) is 19.8 Å². The van der Waals surface area contributed by atoms with Gasteiger partial charge in [0.15, 0.2) is 0 Å². The lowest BCUT2D eigenvalue weighted by Crippen LogP contribution is -3.07. The molecule has 1 amide bonds. The van der Waals surface area contributed by atoms with Crippen LogP contribution < -0.4 is 14.5 Å². The minimum atomic E-state index is -0.0306. The first-order valence-corrected chi connectivity index (χ1v) is 15.1. The summed E-state index contributed by atoms with van der Waals surface area (Å²) in [5.41, 5.74) is 3.22. The van der Waals surface area contributed by atoms with Crippen LogP contribution in [0.2, 0.25) is 0 Å². The van der Waals surface area contributed by atoms with Gasteiger partial charge >= 0.3 is 6.01 Å². The Hall–Kier alpha value is -3.73. The number of phenols is 1. The number of amides is 1. The first kappa shape index (κ1) is 28.4. The van der Waals surface area contributed by atoms with Gasteiger partial charge in [-0.3, -0.25) is 9.69 Å². The van der Waals surface area contributed by atoms with Gasteiger partial charge in [0, 0.05) is 75.9 Å². The topological polar surface area (TPSA) is 95.7 Å². The quantitative estimate of drug-likeness (QED) is 0.312. The average molecular weight is 574 g/mol. The van der Waals surface area contributed by atoms with Gasteiger partial charge in [-0.2, -0.15) is 9.97 Å². The Bertz CT molecular complexity index is 1420. The van der Waals surface area contributed by atoms with Crippen molar-refractivity contribution in [2.75, 3.05) is 77.1 Å². The molecule has 2 aromatic carbocycles. The molecule has 2 fully saturated rings. The van der Waals surface area contributed by atoms with Crippen LogP contribution in [0.15, 0.2) is 49.1 Å². The van der Waals surface area contributed by atoms with E-state index in [0.29, 0.717) is 45.3 Å². The minimum absolute atomic E-state index is 0.0306. The maximum atomic E-state index is 12.2. The molecule has 0 spiro atoms. The Morgan fingerprint density at radius 3 is 2.81 bits per heavy atom. The third-order valence-corrected chi connectivity index (χ3v) is 8.57. The summed E-state index contributed by atoms with van der Waals surface area (Å²) >= 11 is 0. The number of fused-ring (bicyclic) bond motifs is 2. The molecular weight excluding hydrogens is 532 g/mol. The monoisotopic (exact) mass is 573 g/mol. The molecule has 3 aliphatic heterocycles. The summed E-state index contributed by atoms with van der Waals surface area (Å²) in [4.78, 5) is 29.9. The lowest BCUT2D eigenvalue weighted by atomic mass is 10.0. The van der Waals surface area contributed by atoms with Crippen LogP contribution in [0.3, 0.4) is 0 Å². The third kappa shape index (κ3) is 6.35. The van der Waals surface area contributed by atoms with Crippen LogP contribution in [0.5, 0.6) is 11.8 Å². The first-order chi connectivity index (χ1) is 20.6. The molecule has 222 valence electrons. The second kappa shape index (κ2) is 13.1. The van der Waals surface area contributed by atoms with E-state index >= 15 is 0 Å². The molecule has 42 heavy (non-hydrogen) atoms. The van der Waals surface area contributed by atoms with Gasteiger partial charge in [-0.15, -0.1) is 0 Å². The third-order valence-electron chi connectivity index (χ3n) is 8.57. The van der Waals surface area contributed by atoms with E-state index in [4.69, 9.17) is 19.4 Å². The van der Waals surface area contributed by atoms with E-state index in [2.05, 4.69) is 22.4 Å². The van der Waals surface area contributed by atoms with E-state index in [-0.39, 0.29) is 11.7 Å². The fourth-order valence-electron chi connectivity index (χ4n) is 6.35. The van der Waals surface area contributed by atoms with Crippen molar-refractivity contribution < 1.29 is 24.3 Å². The standard InChI is InChI=1S/C32H40N6O4/c1-2-30(40)36-13-15-37(16-14-36)31-27-9-12-38(29-22-25(39)21-24-7-3-4-8-26(24)29)23-28(27)33-32(34-31)42-19-6-11-35-10-5-18-41-20-17-35/h2-4,7-8,21-22,39H,1,5-6,9-20,23H2/p+1. The maximum Gasteiger partial charge on any atom is 0.318 e. The largest absolute Gasteiger partial charge is 0.508 e. The zero-order chi connectivity index (χ0) is 28.9. The van der Waals surface area contributed by atoms with Crippen LogP contribution in [0, 0.1) is 0 Å². The van der Waals surface area contributed by atoms with Crippen LogP contribution in [-0.2, 0) is 22.5 Å². The molecule has 3 aliphatic rings. The highest BCUT2D eigenvalue weighted by molar-refractivity contribution is 5.92. The lowest BCUT2D eigenvalue weighted by molar-refractivity contribution is -0.849. The number of aromatic nitrogens is 2. The van der Waals surface area contributed by atoms with Gasteiger partial charge in [-0.1, -0.05) is 24.8 Å². The number of ether oxygens (including phenoxy) is 2. The number of hydrogen-bond acceptors (Lipinski definition) is 8. The zero-order valence-electron chi connectivity index (χ0n) is 24.3. The van der Waals surface area contributed by atoms with Crippen molar-refractivity contribution in [3.05, 3.63) is 60.3 Å². The molecule has 4 heterocycles. The molecule has 0 saturated carbocycles. The highest BCUT2D eigenvalue weighted by atomic mass is 16.5. The van der Waals surface area contributed by atoms with E-state index in [0.717, 1.165) is 92.2 Å². The molecule has 2 saturated heterocycles. The number of rotatable bonds is 8. The lowest BCUT2D eigenvalue weighted by Gasteiger charge is -2.37. The minimum Gasteiger partial charge on any atom is -0.508 e. The number of quaternary nitrogens is 1. The van der Waals surface area contributed by atoms with Crippen LogP contribution >= 0.6 is 0 Å². The summed E-state index contributed by atoms with van der Waals surface area (Å²) in [5.74, 6) is 1.17. The normalized spacial score (nSPS) is 19.8. The average Bonchev–Trinajstić information content (AvgIpc) is 3.30. The molecule has 0 aliphatic carbocycles.